The number of rotatable bonds is 32. The van der Waals surface area contributed by atoms with E-state index in [1.165, 1.54) is 245 Å². The van der Waals surface area contributed by atoms with Crippen molar-refractivity contribution in [3.05, 3.63) is 0 Å². The van der Waals surface area contributed by atoms with E-state index in [2.05, 4.69) is 222 Å². The van der Waals surface area contributed by atoms with Gasteiger partial charge in [0.05, 0.1) is 209 Å². The molecule has 0 radical (unpaired) electrons. The maximum atomic E-state index is 9.89. The topological polar surface area (TPSA) is 184 Å². The molecule has 0 heterocycles. The quantitative estimate of drug-likeness (QED) is 0.0466. The Morgan fingerprint density at radius 2 is 0.159 bits per heavy atom. The molecular weight excluding hydrogens is 1130 g/mol. The van der Waals surface area contributed by atoms with E-state index in [1.54, 1.807) is 0 Å². The van der Waals surface area contributed by atoms with Crippen LogP contribution in [0, 0.1) is 0 Å². The second kappa shape index (κ2) is 75.4. The molecule has 24 heteroatoms. The highest BCUT2D eigenvalue weighted by atomic mass is 19.1. The molecule has 0 saturated carbocycles. The van der Waals surface area contributed by atoms with E-state index in [0.717, 1.165) is 0 Å². The molecule has 0 aromatic rings. The molecule has 0 unspecified atom stereocenters. The third kappa shape index (κ3) is 66.8. The van der Waals surface area contributed by atoms with Gasteiger partial charge in [0.15, 0.2) is 0 Å². The van der Waals surface area contributed by atoms with E-state index < -0.39 is 29.6 Å². The Balaban J connectivity index is -0.0000000724. The minimum atomic E-state index is -3.17. The van der Waals surface area contributed by atoms with Gasteiger partial charge in [-0.3, -0.25) is 0 Å². The minimum absolute atomic E-state index is 1.28. The van der Waals surface area contributed by atoms with Crippen LogP contribution in [0.5, 0.6) is 0 Å². The third-order valence-corrected chi connectivity index (χ3v) is 21.5. The smallest absolute Gasteiger partial charge is 0.121 e. The normalized spacial score (nSPS) is 11.0. The van der Waals surface area contributed by atoms with Crippen molar-refractivity contribution in [1.82, 2.24) is 0 Å². The number of halogens is 4. The predicted octanol–water partition coefficient (Wildman–Crippen LogP) is 5.71. The predicted molar refractivity (Wildman–Crippen MR) is 367 cm³/mol. The average molecular weight is 1290 g/mol. The van der Waals surface area contributed by atoms with Crippen LogP contribution in [0.4, 0.5) is 17.3 Å². The van der Waals surface area contributed by atoms with Gasteiger partial charge < -0.3 is 93.3 Å². The van der Waals surface area contributed by atoms with Gasteiger partial charge in [0, 0.05) is 0 Å². The molecule has 544 valence electrons. The van der Waals surface area contributed by atoms with Gasteiger partial charge in [-0.1, -0.05) is 0 Å². The number of hydrogen-bond acceptors (Lipinski definition) is 8. The molecule has 0 bridgehead atoms. The summed E-state index contributed by atoms with van der Waals surface area (Å²) in [4.78, 5) is 0. The van der Waals surface area contributed by atoms with Gasteiger partial charge in [0.25, 0.3) is 0 Å². The SMILES string of the molecule is CC[N+](CC)(CC)CC.CC[N+](CC)(CC)CC.CC[N+](CC)(CC)CC.CC[N+](CC)(CC)CC.CC[N+](CC)(CC)CC.CC[N+](CC)(CC)CC.CC[N+](CC)(CC)CC.CC[N+](CC)(CC)CC.[O-]B([O-])F.[O-]B([O-])F.[O-]B([O-])F.[O-]B([O-])F. The Bertz CT molecular complexity index is 850. The van der Waals surface area contributed by atoms with Gasteiger partial charge in [0.1, 0.15) is 29.6 Å². The summed E-state index contributed by atoms with van der Waals surface area (Å²) in [6, 6.07) is 0. The van der Waals surface area contributed by atoms with E-state index in [-0.39, 0.29) is 0 Å². The highest BCUT2D eigenvalue weighted by Crippen LogP contribution is 2.08. The van der Waals surface area contributed by atoms with Crippen molar-refractivity contribution in [3.63, 3.8) is 0 Å². The number of nitrogens with zero attached hydrogens (tertiary/aromatic N) is 8. The van der Waals surface area contributed by atoms with Gasteiger partial charge in [-0.25, -0.2) is 0 Å². The molecule has 0 saturated heterocycles. The van der Waals surface area contributed by atoms with Gasteiger partial charge >= 0.3 is 0 Å². The summed E-state index contributed by atoms with van der Waals surface area (Å²) >= 11 is 0. The summed E-state index contributed by atoms with van der Waals surface area (Å²) in [5.41, 5.74) is 0. The first-order valence-corrected chi connectivity index (χ1v) is 35.5. The molecule has 0 atom stereocenters. The molecule has 16 nitrogen and oxygen atoms in total. The van der Waals surface area contributed by atoms with E-state index in [9.17, 15) is 17.3 Å². The second-order valence-electron chi connectivity index (χ2n) is 22.0. The summed E-state index contributed by atoms with van der Waals surface area (Å²) in [5, 5.41) is 66.4. The van der Waals surface area contributed by atoms with Crippen molar-refractivity contribution in [2.45, 2.75) is 222 Å². The van der Waals surface area contributed by atoms with Crippen LogP contribution in [0.3, 0.4) is 0 Å². The fourth-order valence-corrected chi connectivity index (χ4v) is 10.7. The molecule has 0 spiro atoms. The lowest BCUT2D eigenvalue weighted by molar-refractivity contribution is -0.921. The summed E-state index contributed by atoms with van der Waals surface area (Å²) in [6.45, 7) is 114. The molecule has 0 aromatic carbocycles. The fraction of sp³-hybridized carbons (Fsp3) is 1.00. The van der Waals surface area contributed by atoms with Crippen molar-refractivity contribution in [1.29, 1.82) is 0 Å². The third-order valence-electron chi connectivity index (χ3n) is 21.5. The molecule has 0 aliphatic carbocycles. The average Bonchev–Trinajstić information content (AvgIpc) is 3.53. The van der Waals surface area contributed by atoms with E-state index in [4.69, 9.17) is 40.2 Å². The molecule has 0 aliphatic rings. The monoisotopic (exact) mass is 1290 g/mol. The van der Waals surface area contributed by atoms with Gasteiger partial charge in [-0.15, -0.1) is 0 Å². The van der Waals surface area contributed by atoms with E-state index >= 15 is 0 Å². The standard InChI is InChI=1S/8C8H20N.4BFO2/c8*1-5-9(6-2,7-3)8-4;4*2-1(3)4/h8*5-8H2,1-4H3;;;;/q8*+1;4*-2. The summed E-state index contributed by atoms with van der Waals surface area (Å²) in [6.07, 6.45) is 0. The lowest BCUT2D eigenvalue weighted by atomic mass is 10.3. The molecule has 0 aromatic heterocycles. The molecule has 0 amide bonds. The maximum Gasteiger partial charge on any atom is 0.121 e. The summed E-state index contributed by atoms with van der Waals surface area (Å²) in [5.74, 6) is 0. The molecule has 0 N–H and O–H groups in total. The zero-order valence-corrected chi connectivity index (χ0v) is 65.3. The van der Waals surface area contributed by atoms with Gasteiger partial charge in [-0.2, -0.15) is 0 Å². The minimum Gasteiger partial charge on any atom is -0.867 e. The number of quaternary nitrogens is 8. The van der Waals surface area contributed by atoms with Crippen LogP contribution in [-0.2, 0) is 0 Å². The molecule has 0 aliphatic heterocycles. The van der Waals surface area contributed by atoms with Crippen molar-refractivity contribution in [2.75, 3.05) is 209 Å². The maximum absolute atomic E-state index is 9.89. The molecular formula is C64H160B4F4N8O8. The molecule has 0 fully saturated rings. The van der Waals surface area contributed by atoms with Crippen molar-refractivity contribution in [3.8, 4) is 0 Å². The van der Waals surface area contributed by atoms with Crippen LogP contribution in [0.1, 0.15) is 222 Å². The first-order chi connectivity index (χ1) is 40.9. The van der Waals surface area contributed by atoms with E-state index in [0.29, 0.717) is 0 Å². The fourth-order valence-electron chi connectivity index (χ4n) is 10.7. The summed E-state index contributed by atoms with van der Waals surface area (Å²) in [7, 11) is -12.7. The van der Waals surface area contributed by atoms with Crippen molar-refractivity contribution >= 4 is 29.6 Å². The first-order valence-electron chi connectivity index (χ1n) is 35.5. The molecule has 0 rings (SSSR count). The van der Waals surface area contributed by atoms with Crippen LogP contribution in [0.25, 0.3) is 0 Å². The zero-order valence-electron chi connectivity index (χ0n) is 65.3. The van der Waals surface area contributed by atoms with Gasteiger partial charge in [-0.05, 0) is 222 Å². The largest absolute Gasteiger partial charge is 0.867 e. The first kappa shape index (κ1) is 115. The Hall–Kier alpha value is -0.660. The van der Waals surface area contributed by atoms with Crippen LogP contribution < -0.4 is 40.2 Å². The lowest BCUT2D eigenvalue weighted by Gasteiger charge is -2.34. The Morgan fingerprint density at radius 3 is 0.159 bits per heavy atom. The number of hydrogen-bond donors (Lipinski definition) is 0. The Labute approximate surface area is 551 Å². The summed E-state index contributed by atoms with van der Waals surface area (Å²) < 4.78 is 49.8. The highest BCUT2D eigenvalue weighted by molar-refractivity contribution is 6.27. The lowest BCUT2D eigenvalue weighted by Crippen LogP contribution is -2.47. The van der Waals surface area contributed by atoms with Crippen molar-refractivity contribution in [2.24, 2.45) is 0 Å². The molecule has 88 heavy (non-hydrogen) atoms. The van der Waals surface area contributed by atoms with Crippen LogP contribution in [-0.4, -0.2) is 275 Å². The van der Waals surface area contributed by atoms with Crippen LogP contribution >= 0.6 is 0 Å². The Kier molecular flexibility index (Phi) is 98.2. The van der Waals surface area contributed by atoms with Crippen LogP contribution in [0.15, 0.2) is 0 Å². The van der Waals surface area contributed by atoms with Crippen molar-refractivity contribution < 1.29 is 93.3 Å². The van der Waals surface area contributed by atoms with E-state index in [1.807, 2.05) is 0 Å². The van der Waals surface area contributed by atoms with Gasteiger partial charge in [0.2, 0.25) is 0 Å². The Morgan fingerprint density at radius 1 is 0.136 bits per heavy atom. The zero-order chi connectivity index (χ0) is 72.9. The van der Waals surface area contributed by atoms with Crippen LogP contribution in [0.2, 0.25) is 0 Å². The second-order valence-corrected chi connectivity index (χ2v) is 22.0. The highest BCUT2D eigenvalue weighted by Gasteiger charge is 2.21.